The van der Waals surface area contributed by atoms with Gasteiger partial charge in [0.05, 0.1) is 6.07 Å². The van der Waals surface area contributed by atoms with Crippen LogP contribution in [0.4, 0.5) is 0 Å². The highest BCUT2D eigenvalue weighted by atomic mass is 16.2. The summed E-state index contributed by atoms with van der Waals surface area (Å²) in [4.78, 5) is 11.7. The van der Waals surface area contributed by atoms with E-state index in [1.165, 1.54) is 0 Å². The number of hydrogen-bond donors (Lipinski definition) is 1. The van der Waals surface area contributed by atoms with Gasteiger partial charge in [0.1, 0.15) is 5.41 Å². The average molecular weight is 196 g/mol. The van der Waals surface area contributed by atoms with Gasteiger partial charge in [-0.1, -0.05) is 20.3 Å². The maximum atomic E-state index is 11.7. The lowest BCUT2D eigenvalue weighted by Crippen LogP contribution is -2.42. The van der Waals surface area contributed by atoms with Gasteiger partial charge in [-0.05, 0) is 26.7 Å². The molecule has 3 nitrogen and oxygen atoms in total. The average Bonchev–Trinajstić information content (AvgIpc) is 2.16. The predicted octanol–water partition coefficient (Wildman–Crippen LogP) is 2.23. The molecule has 0 aromatic heterocycles. The van der Waals surface area contributed by atoms with E-state index in [1.54, 1.807) is 6.92 Å². The van der Waals surface area contributed by atoms with Crippen molar-refractivity contribution in [1.82, 2.24) is 5.32 Å². The predicted molar refractivity (Wildman–Crippen MR) is 56.5 cm³/mol. The first-order valence-corrected chi connectivity index (χ1v) is 5.22. The van der Waals surface area contributed by atoms with Crippen molar-refractivity contribution in [2.75, 3.05) is 0 Å². The molecule has 0 heterocycles. The molecule has 14 heavy (non-hydrogen) atoms. The molecule has 0 bridgehead atoms. The highest BCUT2D eigenvalue weighted by Gasteiger charge is 2.31. The molecule has 0 aromatic rings. The van der Waals surface area contributed by atoms with Crippen LogP contribution in [0.5, 0.6) is 0 Å². The fourth-order valence-corrected chi connectivity index (χ4v) is 1.18. The Bertz CT molecular complexity index is 232. The van der Waals surface area contributed by atoms with E-state index in [-0.39, 0.29) is 11.9 Å². The van der Waals surface area contributed by atoms with Crippen molar-refractivity contribution in [3.05, 3.63) is 0 Å². The van der Waals surface area contributed by atoms with E-state index in [0.29, 0.717) is 6.42 Å². The van der Waals surface area contributed by atoms with Gasteiger partial charge in [-0.2, -0.15) is 5.26 Å². The first-order valence-electron chi connectivity index (χ1n) is 5.22. The lowest BCUT2D eigenvalue weighted by molar-refractivity contribution is -0.128. The van der Waals surface area contributed by atoms with E-state index in [4.69, 9.17) is 5.26 Å². The molecule has 0 saturated heterocycles. The fourth-order valence-electron chi connectivity index (χ4n) is 1.18. The quantitative estimate of drug-likeness (QED) is 0.733. The molecule has 2 unspecified atom stereocenters. The van der Waals surface area contributed by atoms with Gasteiger partial charge in [0.2, 0.25) is 5.91 Å². The fraction of sp³-hybridized carbons (Fsp3) is 0.818. The number of nitrogens with one attached hydrogen (secondary N) is 1. The van der Waals surface area contributed by atoms with Crippen LogP contribution in [0.25, 0.3) is 0 Å². The van der Waals surface area contributed by atoms with Crippen molar-refractivity contribution in [3.63, 3.8) is 0 Å². The smallest absolute Gasteiger partial charge is 0.240 e. The van der Waals surface area contributed by atoms with E-state index in [2.05, 4.69) is 18.3 Å². The molecule has 0 aliphatic carbocycles. The van der Waals surface area contributed by atoms with Crippen LogP contribution < -0.4 is 5.32 Å². The molecule has 3 heteroatoms. The molecule has 0 radical (unpaired) electrons. The van der Waals surface area contributed by atoms with E-state index < -0.39 is 5.41 Å². The molecule has 0 aliphatic rings. The Labute approximate surface area is 86.5 Å². The van der Waals surface area contributed by atoms with Gasteiger partial charge in [-0.3, -0.25) is 4.79 Å². The lowest BCUT2D eigenvalue weighted by Gasteiger charge is -2.21. The maximum Gasteiger partial charge on any atom is 0.240 e. The summed E-state index contributed by atoms with van der Waals surface area (Å²) in [6.07, 6.45) is 2.54. The van der Waals surface area contributed by atoms with Crippen LogP contribution >= 0.6 is 0 Å². The zero-order valence-electron chi connectivity index (χ0n) is 9.55. The topological polar surface area (TPSA) is 52.9 Å². The van der Waals surface area contributed by atoms with Gasteiger partial charge in [-0.25, -0.2) is 0 Å². The van der Waals surface area contributed by atoms with E-state index in [0.717, 1.165) is 12.8 Å². The Morgan fingerprint density at radius 1 is 1.57 bits per heavy atom. The normalized spacial score (nSPS) is 16.5. The van der Waals surface area contributed by atoms with Crippen molar-refractivity contribution in [1.29, 1.82) is 5.26 Å². The Kier molecular flexibility index (Phi) is 5.22. The number of amides is 1. The summed E-state index contributed by atoms with van der Waals surface area (Å²) in [5.74, 6) is -0.150. The van der Waals surface area contributed by atoms with Gasteiger partial charge in [0, 0.05) is 6.04 Å². The summed E-state index contributed by atoms with van der Waals surface area (Å²) in [7, 11) is 0. The third kappa shape index (κ3) is 3.37. The third-order valence-corrected chi connectivity index (χ3v) is 2.55. The van der Waals surface area contributed by atoms with Gasteiger partial charge in [-0.15, -0.1) is 0 Å². The van der Waals surface area contributed by atoms with E-state index in [1.807, 2.05) is 13.8 Å². The number of carbonyl (C=O) groups excluding carboxylic acids is 1. The largest absolute Gasteiger partial charge is 0.352 e. The molecular formula is C11H20N2O. The third-order valence-electron chi connectivity index (χ3n) is 2.55. The van der Waals surface area contributed by atoms with Crippen LogP contribution in [-0.4, -0.2) is 11.9 Å². The van der Waals surface area contributed by atoms with Crippen molar-refractivity contribution in [3.8, 4) is 6.07 Å². The van der Waals surface area contributed by atoms with Crippen molar-refractivity contribution in [2.45, 2.75) is 53.0 Å². The zero-order valence-corrected chi connectivity index (χ0v) is 9.55. The minimum atomic E-state index is -0.873. The SMILES string of the molecule is CCCC(C)NC(=O)C(C)(C#N)CC. The maximum absolute atomic E-state index is 11.7. The molecule has 0 aromatic carbocycles. The number of nitrogens with zero attached hydrogens (tertiary/aromatic N) is 1. The highest BCUT2D eigenvalue weighted by Crippen LogP contribution is 2.19. The van der Waals surface area contributed by atoms with Crippen LogP contribution in [0.15, 0.2) is 0 Å². The first-order chi connectivity index (χ1) is 6.50. The Hall–Kier alpha value is -1.04. The van der Waals surface area contributed by atoms with Crippen molar-refractivity contribution >= 4 is 5.91 Å². The highest BCUT2D eigenvalue weighted by molar-refractivity contribution is 5.85. The summed E-state index contributed by atoms with van der Waals surface area (Å²) in [5, 5.41) is 11.7. The molecule has 0 spiro atoms. The van der Waals surface area contributed by atoms with Crippen molar-refractivity contribution in [2.24, 2.45) is 5.41 Å². The van der Waals surface area contributed by atoms with Crippen LogP contribution in [0.2, 0.25) is 0 Å². The summed E-state index contributed by atoms with van der Waals surface area (Å²) in [5.41, 5.74) is -0.873. The number of carbonyl (C=O) groups is 1. The minimum Gasteiger partial charge on any atom is -0.352 e. The first kappa shape index (κ1) is 13.0. The van der Waals surface area contributed by atoms with E-state index >= 15 is 0 Å². The minimum absolute atomic E-state index is 0.150. The van der Waals surface area contributed by atoms with Gasteiger partial charge in [0.15, 0.2) is 0 Å². The number of rotatable bonds is 5. The Morgan fingerprint density at radius 3 is 2.50 bits per heavy atom. The van der Waals surface area contributed by atoms with Gasteiger partial charge < -0.3 is 5.32 Å². The second-order valence-electron chi connectivity index (χ2n) is 3.96. The molecule has 80 valence electrons. The van der Waals surface area contributed by atoms with Crippen LogP contribution in [0.1, 0.15) is 47.0 Å². The molecule has 0 aliphatic heterocycles. The molecule has 0 rings (SSSR count). The second-order valence-corrected chi connectivity index (χ2v) is 3.96. The second kappa shape index (κ2) is 5.64. The summed E-state index contributed by atoms with van der Waals surface area (Å²) in [6, 6.07) is 2.22. The lowest BCUT2D eigenvalue weighted by atomic mass is 9.88. The molecule has 2 atom stereocenters. The molecule has 0 fully saturated rings. The van der Waals surface area contributed by atoms with Crippen molar-refractivity contribution < 1.29 is 4.79 Å². The van der Waals surface area contributed by atoms with Gasteiger partial charge in [0.25, 0.3) is 0 Å². The zero-order chi connectivity index (χ0) is 11.2. The molecular weight excluding hydrogens is 176 g/mol. The monoisotopic (exact) mass is 196 g/mol. The van der Waals surface area contributed by atoms with Crippen LogP contribution in [0, 0.1) is 16.7 Å². The summed E-state index contributed by atoms with van der Waals surface area (Å²) in [6.45, 7) is 7.58. The number of hydrogen-bond acceptors (Lipinski definition) is 2. The summed E-state index contributed by atoms with van der Waals surface area (Å²) >= 11 is 0. The molecule has 1 N–H and O–H groups in total. The van der Waals surface area contributed by atoms with Gasteiger partial charge >= 0.3 is 0 Å². The Balaban J connectivity index is 4.27. The van der Waals surface area contributed by atoms with Crippen LogP contribution in [0.3, 0.4) is 0 Å². The molecule has 1 amide bonds. The molecule has 0 saturated carbocycles. The Morgan fingerprint density at radius 2 is 2.14 bits per heavy atom. The van der Waals surface area contributed by atoms with Crippen LogP contribution in [-0.2, 0) is 4.79 Å². The van der Waals surface area contributed by atoms with E-state index in [9.17, 15) is 4.79 Å². The standard InChI is InChI=1S/C11H20N2O/c1-5-7-9(3)13-10(14)11(4,6-2)8-12/h9H,5-7H2,1-4H3,(H,13,14). The summed E-state index contributed by atoms with van der Waals surface area (Å²) < 4.78 is 0. The number of nitriles is 1.